The molecule has 2 heterocycles. The molecule has 0 bridgehead atoms. The molecule has 9 heteroatoms. The molecule has 152 valence electrons. The Balaban J connectivity index is 1.54. The predicted octanol–water partition coefficient (Wildman–Crippen LogP) is 2.96. The summed E-state index contributed by atoms with van der Waals surface area (Å²) < 4.78 is 44.8. The van der Waals surface area contributed by atoms with E-state index in [2.05, 4.69) is 10.00 Å². The number of nitrogens with zero attached hydrogens (tertiary/aromatic N) is 4. The summed E-state index contributed by atoms with van der Waals surface area (Å²) in [4.78, 5) is 16.4. The maximum atomic E-state index is 12.7. The molecule has 0 saturated carbocycles. The minimum Gasteiger partial charge on any atom is -0.495 e. The number of aromatic nitrogens is 2. The van der Waals surface area contributed by atoms with E-state index in [1.807, 2.05) is 24.3 Å². The summed E-state index contributed by atoms with van der Waals surface area (Å²) in [7, 11) is 1.63. The Morgan fingerprint density at radius 3 is 2.46 bits per heavy atom. The number of amides is 1. The third-order valence-electron chi connectivity index (χ3n) is 4.87. The van der Waals surface area contributed by atoms with Gasteiger partial charge in [-0.05, 0) is 25.1 Å². The van der Waals surface area contributed by atoms with Crippen molar-refractivity contribution in [3.05, 3.63) is 41.7 Å². The molecule has 0 radical (unpaired) electrons. The number of ether oxygens (including phenoxy) is 1. The van der Waals surface area contributed by atoms with Crippen LogP contribution in [0.1, 0.15) is 17.8 Å². The number of anilines is 1. The van der Waals surface area contributed by atoms with E-state index in [9.17, 15) is 18.0 Å². The Labute approximate surface area is 161 Å². The lowest BCUT2D eigenvalue weighted by atomic mass is 10.2. The van der Waals surface area contributed by atoms with Gasteiger partial charge in [0.15, 0.2) is 5.69 Å². The van der Waals surface area contributed by atoms with Gasteiger partial charge < -0.3 is 14.5 Å². The Morgan fingerprint density at radius 1 is 1.18 bits per heavy atom. The highest BCUT2D eigenvalue weighted by Crippen LogP contribution is 2.29. The van der Waals surface area contributed by atoms with E-state index in [-0.39, 0.29) is 18.9 Å². The molecule has 0 unspecified atom stereocenters. The number of carbonyl (C=O) groups is 1. The lowest BCUT2D eigenvalue weighted by molar-refractivity contribution is -0.141. The standard InChI is InChI=1S/C19H23F3N4O2/c1-14-13-17(19(20,21)22)23-26(14)8-7-18(27)25-11-9-24(10-12-25)15-5-3-4-6-16(15)28-2/h3-6,13H,7-12H2,1-2H3. The average Bonchev–Trinajstić information content (AvgIpc) is 3.07. The minimum atomic E-state index is -4.48. The van der Waals surface area contributed by atoms with Gasteiger partial charge in [0.25, 0.3) is 0 Å². The summed E-state index contributed by atoms with van der Waals surface area (Å²) in [5.74, 6) is 0.708. The fourth-order valence-corrected chi connectivity index (χ4v) is 3.32. The molecule has 2 aromatic rings. The van der Waals surface area contributed by atoms with E-state index in [1.54, 1.807) is 18.9 Å². The van der Waals surface area contributed by atoms with Crippen LogP contribution in [-0.4, -0.2) is 53.9 Å². The fourth-order valence-electron chi connectivity index (χ4n) is 3.32. The molecule has 28 heavy (non-hydrogen) atoms. The largest absolute Gasteiger partial charge is 0.495 e. The SMILES string of the molecule is COc1ccccc1N1CCN(C(=O)CCn2nc(C(F)(F)F)cc2C)CC1. The molecule has 6 nitrogen and oxygen atoms in total. The smallest absolute Gasteiger partial charge is 0.435 e. The van der Waals surface area contributed by atoms with Gasteiger partial charge in [-0.3, -0.25) is 9.48 Å². The second-order valence-corrected chi connectivity index (χ2v) is 6.68. The molecule has 1 aromatic carbocycles. The topological polar surface area (TPSA) is 50.6 Å². The van der Waals surface area contributed by atoms with Crippen molar-refractivity contribution in [3.8, 4) is 5.75 Å². The molecule has 0 atom stereocenters. The number of methoxy groups -OCH3 is 1. The molecule has 1 aliphatic rings. The van der Waals surface area contributed by atoms with Gasteiger partial charge in [0.1, 0.15) is 5.75 Å². The van der Waals surface area contributed by atoms with Crippen LogP contribution in [0.15, 0.2) is 30.3 Å². The Bertz CT molecular complexity index is 827. The maximum Gasteiger partial charge on any atom is 0.435 e. The van der Waals surface area contributed by atoms with Crippen molar-refractivity contribution in [3.63, 3.8) is 0 Å². The summed E-state index contributed by atoms with van der Waals surface area (Å²) in [6, 6.07) is 8.72. The molecule has 0 aliphatic carbocycles. The zero-order chi connectivity index (χ0) is 20.3. The summed E-state index contributed by atoms with van der Waals surface area (Å²) in [5, 5.41) is 3.57. The maximum absolute atomic E-state index is 12.7. The number of hydrogen-bond acceptors (Lipinski definition) is 4. The number of hydrogen-bond donors (Lipinski definition) is 0. The van der Waals surface area contributed by atoms with Gasteiger partial charge in [0, 0.05) is 44.8 Å². The van der Waals surface area contributed by atoms with Crippen LogP contribution in [0.25, 0.3) is 0 Å². The number of halogens is 3. The van der Waals surface area contributed by atoms with Gasteiger partial charge in [0.05, 0.1) is 12.8 Å². The molecular weight excluding hydrogens is 373 g/mol. The summed E-state index contributed by atoms with van der Waals surface area (Å²) in [6.07, 6.45) is -4.36. The highest BCUT2D eigenvalue weighted by Gasteiger charge is 2.34. The van der Waals surface area contributed by atoms with E-state index in [0.717, 1.165) is 17.5 Å². The van der Waals surface area contributed by atoms with Crippen LogP contribution in [0, 0.1) is 6.92 Å². The number of piperazine rings is 1. The summed E-state index contributed by atoms with van der Waals surface area (Å²) >= 11 is 0. The Hall–Kier alpha value is -2.71. The van der Waals surface area contributed by atoms with E-state index >= 15 is 0 Å². The van der Waals surface area contributed by atoms with Gasteiger partial charge in [0.2, 0.25) is 5.91 Å². The molecule has 1 amide bonds. The zero-order valence-corrected chi connectivity index (χ0v) is 15.9. The first kappa shape index (κ1) is 20.0. The highest BCUT2D eigenvalue weighted by atomic mass is 19.4. The second kappa shape index (κ2) is 8.12. The third-order valence-corrected chi connectivity index (χ3v) is 4.87. The van der Waals surface area contributed by atoms with Crippen molar-refractivity contribution in [2.24, 2.45) is 0 Å². The molecule has 3 rings (SSSR count). The first-order valence-electron chi connectivity index (χ1n) is 9.07. The zero-order valence-electron chi connectivity index (χ0n) is 15.9. The molecular formula is C19H23F3N4O2. The Morgan fingerprint density at radius 2 is 1.86 bits per heavy atom. The normalized spacial score (nSPS) is 15.0. The van der Waals surface area contributed by atoms with Crippen LogP contribution in [-0.2, 0) is 17.5 Å². The van der Waals surface area contributed by atoms with Gasteiger partial charge in [-0.1, -0.05) is 12.1 Å². The number of para-hydroxylation sites is 2. The van der Waals surface area contributed by atoms with E-state index in [1.165, 1.54) is 4.68 Å². The van der Waals surface area contributed by atoms with Crippen LogP contribution >= 0.6 is 0 Å². The van der Waals surface area contributed by atoms with E-state index in [0.29, 0.717) is 31.9 Å². The quantitative estimate of drug-likeness (QED) is 0.780. The first-order valence-corrected chi connectivity index (χ1v) is 9.07. The van der Waals surface area contributed by atoms with Crippen LogP contribution in [0.3, 0.4) is 0 Å². The van der Waals surface area contributed by atoms with E-state index < -0.39 is 11.9 Å². The van der Waals surface area contributed by atoms with Gasteiger partial charge in [-0.15, -0.1) is 0 Å². The predicted molar refractivity (Wildman–Crippen MR) is 98.4 cm³/mol. The number of aryl methyl sites for hydroxylation is 2. The van der Waals surface area contributed by atoms with Gasteiger partial charge in [-0.25, -0.2) is 0 Å². The number of carbonyl (C=O) groups excluding carboxylic acids is 1. The average molecular weight is 396 g/mol. The van der Waals surface area contributed by atoms with Crippen LogP contribution in [0.2, 0.25) is 0 Å². The first-order chi connectivity index (χ1) is 13.3. The lowest BCUT2D eigenvalue weighted by Gasteiger charge is -2.36. The highest BCUT2D eigenvalue weighted by molar-refractivity contribution is 5.76. The Kier molecular flexibility index (Phi) is 5.81. The minimum absolute atomic E-state index is 0.0804. The van der Waals surface area contributed by atoms with Crippen molar-refractivity contribution in [2.75, 3.05) is 38.2 Å². The van der Waals surface area contributed by atoms with Crippen LogP contribution < -0.4 is 9.64 Å². The van der Waals surface area contributed by atoms with Crippen molar-refractivity contribution in [1.82, 2.24) is 14.7 Å². The lowest BCUT2D eigenvalue weighted by Crippen LogP contribution is -2.49. The van der Waals surface area contributed by atoms with E-state index in [4.69, 9.17) is 4.74 Å². The van der Waals surface area contributed by atoms with Crippen molar-refractivity contribution in [2.45, 2.75) is 26.1 Å². The molecule has 1 fully saturated rings. The molecule has 0 spiro atoms. The summed E-state index contributed by atoms with van der Waals surface area (Å²) in [5.41, 5.74) is 0.452. The number of rotatable bonds is 5. The van der Waals surface area contributed by atoms with Crippen molar-refractivity contribution < 1.29 is 22.7 Å². The van der Waals surface area contributed by atoms with Gasteiger partial charge in [-0.2, -0.15) is 18.3 Å². The summed E-state index contributed by atoms with van der Waals surface area (Å²) in [6.45, 7) is 4.15. The fraction of sp³-hybridized carbons (Fsp3) is 0.474. The molecule has 0 N–H and O–H groups in total. The number of benzene rings is 1. The molecule has 1 aromatic heterocycles. The molecule has 1 aliphatic heterocycles. The monoisotopic (exact) mass is 396 g/mol. The van der Waals surface area contributed by atoms with Gasteiger partial charge >= 0.3 is 6.18 Å². The second-order valence-electron chi connectivity index (χ2n) is 6.68. The third kappa shape index (κ3) is 4.40. The molecule has 1 saturated heterocycles. The van der Waals surface area contributed by atoms with Crippen molar-refractivity contribution >= 4 is 11.6 Å². The van der Waals surface area contributed by atoms with Crippen LogP contribution in [0.5, 0.6) is 5.75 Å². The van der Waals surface area contributed by atoms with Crippen molar-refractivity contribution in [1.29, 1.82) is 0 Å². The van der Waals surface area contributed by atoms with Crippen LogP contribution in [0.4, 0.5) is 18.9 Å². The number of alkyl halides is 3.